The number of nitrogens with zero attached hydrogens (tertiary/aromatic N) is 3. The predicted molar refractivity (Wildman–Crippen MR) is 175 cm³/mol. The van der Waals surface area contributed by atoms with Crippen molar-refractivity contribution in [1.82, 2.24) is 15.1 Å². The van der Waals surface area contributed by atoms with E-state index >= 15 is 0 Å². The summed E-state index contributed by atoms with van der Waals surface area (Å²) in [4.78, 5) is 28.8. The summed E-state index contributed by atoms with van der Waals surface area (Å²) in [6.45, 7) is 3.79. The molecule has 1 aliphatic heterocycles. The smallest absolute Gasteiger partial charge is 0.240 e. The molecule has 0 aliphatic carbocycles. The third-order valence-corrected chi connectivity index (χ3v) is 9.06. The van der Waals surface area contributed by atoms with Gasteiger partial charge in [0.25, 0.3) is 0 Å². The van der Waals surface area contributed by atoms with Crippen molar-refractivity contribution >= 4 is 41.0 Å². The second-order valence-electron chi connectivity index (χ2n) is 10.4. The average Bonchev–Trinajstić information content (AvgIpc) is 3.37. The largest absolute Gasteiger partial charge is 0.497 e. The van der Waals surface area contributed by atoms with E-state index in [1.54, 1.807) is 30.9 Å². The highest BCUT2D eigenvalue weighted by Gasteiger charge is 2.38. The minimum absolute atomic E-state index is 0.0333. The summed E-state index contributed by atoms with van der Waals surface area (Å²) in [5, 5.41) is 8.38. The van der Waals surface area contributed by atoms with Crippen molar-refractivity contribution in [2.75, 3.05) is 38.5 Å². The van der Waals surface area contributed by atoms with Gasteiger partial charge in [-0.25, -0.2) is 4.68 Å². The maximum atomic E-state index is 13.9. The third-order valence-electron chi connectivity index (χ3n) is 7.56. The average molecular weight is 635 g/mol. The highest BCUT2D eigenvalue weighted by atomic mass is 35.5. The fraction of sp³-hybridized carbons (Fsp3) is 0.303. The maximum Gasteiger partial charge on any atom is 0.240 e. The third kappa shape index (κ3) is 6.37. The molecule has 2 heterocycles. The lowest BCUT2D eigenvalue weighted by molar-refractivity contribution is -0.123. The quantitative estimate of drug-likeness (QED) is 0.219. The van der Waals surface area contributed by atoms with E-state index in [0.29, 0.717) is 39.5 Å². The Kier molecular flexibility index (Phi) is 9.71. The Hall–Kier alpha value is -4.15. The number of carbonyl (C=O) groups is 2. The molecule has 230 valence electrons. The van der Waals surface area contributed by atoms with Crippen molar-refractivity contribution in [3.63, 3.8) is 0 Å². The van der Waals surface area contributed by atoms with Crippen LogP contribution in [0.25, 0.3) is 16.9 Å². The minimum Gasteiger partial charge on any atom is -0.497 e. The monoisotopic (exact) mass is 634 g/mol. The molecule has 1 aromatic heterocycles. The van der Waals surface area contributed by atoms with Crippen molar-refractivity contribution in [3.8, 4) is 34.2 Å². The fourth-order valence-electron chi connectivity index (χ4n) is 5.09. The highest BCUT2D eigenvalue weighted by Crippen LogP contribution is 2.49. The second kappa shape index (κ2) is 13.7. The Morgan fingerprint density at radius 2 is 1.73 bits per heavy atom. The van der Waals surface area contributed by atoms with Gasteiger partial charge in [-0.2, -0.15) is 5.10 Å². The lowest BCUT2D eigenvalue weighted by atomic mass is 9.99. The molecule has 9 nitrogen and oxygen atoms in total. The van der Waals surface area contributed by atoms with Gasteiger partial charge >= 0.3 is 0 Å². The maximum absolute atomic E-state index is 13.9. The zero-order valence-electron chi connectivity index (χ0n) is 25.3. The van der Waals surface area contributed by atoms with Crippen LogP contribution in [0.2, 0.25) is 5.02 Å². The fourth-order valence-corrected chi connectivity index (χ4v) is 6.40. The number of anilines is 1. The summed E-state index contributed by atoms with van der Waals surface area (Å²) in [7, 11) is 4.79. The minimum atomic E-state index is -0.339. The number of amides is 2. The van der Waals surface area contributed by atoms with Gasteiger partial charge in [-0.1, -0.05) is 36.7 Å². The molecule has 11 heteroatoms. The van der Waals surface area contributed by atoms with Gasteiger partial charge in [0, 0.05) is 22.2 Å². The number of hydrogen-bond donors (Lipinski definition) is 1. The molecule has 0 radical (unpaired) electrons. The summed E-state index contributed by atoms with van der Waals surface area (Å²) in [5.74, 6) is 2.08. The van der Waals surface area contributed by atoms with Crippen LogP contribution >= 0.6 is 23.4 Å². The summed E-state index contributed by atoms with van der Waals surface area (Å²) in [6.07, 6.45) is 0.770. The number of ether oxygens (including phenoxy) is 3. The zero-order valence-corrected chi connectivity index (χ0v) is 26.9. The van der Waals surface area contributed by atoms with Crippen LogP contribution in [-0.4, -0.2) is 61.3 Å². The number of halogens is 1. The molecule has 5 rings (SSSR count). The number of hydrogen-bond acceptors (Lipinski definition) is 7. The molecule has 0 saturated heterocycles. The lowest BCUT2D eigenvalue weighted by Gasteiger charge is -2.24. The predicted octanol–water partition coefficient (Wildman–Crippen LogP) is 6.30. The van der Waals surface area contributed by atoms with E-state index in [0.717, 1.165) is 23.1 Å². The SMILES string of the molecule is CC[C@@H](C)NC(=O)CN1C(=O)CS[C@H](c2ccc(OC)c(OC)c2)c2c(-c3ccc(Cl)cc3)nn(-c3ccc(OC)cc3)c21. The van der Waals surface area contributed by atoms with Crippen molar-refractivity contribution in [3.05, 3.63) is 82.9 Å². The Morgan fingerprint density at radius 1 is 1.02 bits per heavy atom. The van der Waals surface area contributed by atoms with E-state index in [1.807, 2.05) is 80.6 Å². The Bertz CT molecular complexity index is 1640. The van der Waals surface area contributed by atoms with Gasteiger partial charge < -0.3 is 19.5 Å². The molecule has 4 aromatic rings. The molecular weight excluding hydrogens is 600 g/mol. The first-order valence-corrected chi connectivity index (χ1v) is 15.7. The van der Waals surface area contributed by atoms with Crippen LogP contribution in [0.1, 0.15) is 36.6 Å². The molecule has 2 amide bonds. The van der Waals surface area contributed by atoms with E-state index in [2.05, 4.69) is 5.32 Å². The molecule has 2 atom stereocenters. The standard InChI is InChI=1S/C33H35ClN4O5S/c1-6-20(2)35-28(39)18-37-29(40)19-44-32(22-9-16-26(42-4)27(17-22)43-5)30-31(21-7-10-23(34)11-8-21)36-38(33(30)37)24-12-14-25(41-3)15-13-24/h7-17,20,32H,6,18-19H2,1-5H3,(H,35,39)/t20-,32-/m1/s1. The van der Waals surface area contributed by atoms with Gasteiger partial charge in [0.15, 0.2) is 11.5 Å². The topological polar surface area (TPSA) is 94.9 Å². The number of carbonyl (C=O) groups excluding carboxylic acids is 2. The Labute approximate surface area is 266 Å². The van der Waals surface area contributed by atoms with Gasteiger partial charge in [-0.3, -0.25) is 14.5 Å². The number of aromatic nitrogens is 2. The number of fused-ring (bicyclic) bond motifs is 1. The first-order valence-electron chi connectivity index (χ1n) is 14.2. The van der Waals surface area contributed by atoms with Gasteiger partial charge in [0.2, 0.25) is 11.8 Å². The molecule has 0 fully saturated rings. The van der Waals surface area contributed by atoms with Crippen LogP contribution in [0, 0.1) is 0 Å². The van der Waals surface area contributed by atoms with E-state index in [-0.39, 0.29) is 35.4 Å². The molecule has 0 saturated carbocycles. The van der Waals surface area contributed by atoms with Crippen LogP contribution in [0.4, 0.5) is 5.82 Å². The van der Waals surface area contributed by atoms with Crippen LogP contribution < -0.4 is 24.4 Å². The summed E-state index contributed by atoms with van der Waals surface area (Å²) >= 11 is 7.75. The van der Waals surface area contributed by atoms with E-state index in [4.69, 9.17) is 30.9 Å². The first-order chi connectivity index (χ1) is 21.3. The van der Waals surface area contributed by atoms with Crippen molar-refractivity contribution < 1.29 is 23.8 Å². The van der Waals surface area contributed by atoms with Crippen LogP contribution in [0.3, 0.4) is 0 Å². The highest BCUT2D eigenvalue weighted by molar-refractivity contribution is 8.00. The molecule has 0 spiro atoms. The second-order valence-corrected chi connectivity index (χ2v) is 11.9. The van der Waals surface area contributed by atoms with E-state index in [9.17, 15) is 9.59 Å². The van der Waals surface area contributed by atoms with Crippen molar-refractivity contribution in [2.24, 2.45) is 0 Å². The van der Waals surface area contributed by atoms with Gasteiger partial charge in [0.05, 0.1) is 43.7 Å². The van der Waals surface area contributed by atoms with Crippen molar-refractivity contribution in [1.29, 1.82) is 0 Å². The zero-order chi connectivity index (χ0) is 31.4. The van der Waals surface area contributed by atoms with E-state index < -0.39 is 0 Å². The number of methoxy groups -OCH3 is 3. The summed E-state index contributed by atoms with van der Waals surface area (Å²) in [6, 6.07) is 20.6. The molecule has 0 unspecified atom stereocenters. The van der Waals surface area contributed by atoms with Gasteiger partial charge in [-0.15, -0.1) is 11.8 Å². The summed E-state index contributed by atoms with van der Waals surface area (Å²) in [5.41, 5.74) is 3.89. The van der Waals surface area contributed by atoms with Crippen LogP contribution in [0.5, 0.6) is 17.2 Å². The number of nitrogens with one attached hydrogen (secondary N) is 1. The first kappa shape index (κ1) is 31.3. The van der Waals surface area contributed by atoms with Crippen LogP contribution in [0.15, 0.2) is 66.7 Å². The number of benzene rings is 3. The summed E-state index contributed by atoms with van der Waals surface area (Å²) < 4.78 is 18.3. The molecule has 1 N–H and O–H groups in total. The normalized spacial score (nSPS) is 15.3. The molecular formula is C33H35ClN4O5S. The van der Waals surface area contributed by atoms with Crippen LogP contribution in [-0.2, 0) is 9.59 Å². The van der Waals surface area contributed by atoms with E-state index in [1.165, 1.54) is 11.8 Å². The molecule has 0 bridgehead atoms. The number of thioether (sulfide) groups is 1. The Morgan fingerprint density at radius 3 is 2.36 bits per heavy atom. The van der Waals surface area contributed by atoms with Crippen molar-refractivity contribution in [2.45, 2.75) is 31.6 Å². The number of rotatable bonds is 10. The lowest BCUT2D eigenvalue weighted by Crippen LogP contribution is -2.44. The Balaban J connectivity index is 1.79. The molecule has 44 heavy (non-hydrogen) atoms. The van der Waals surface area contributed by atoms with Gasteiger partial charge in [-0.05, 0) is 67.4 Å². The molecule has 1 aliphatic rings. The molecule has 3 aromatic carbocycles. The van der Waals surface area contributed by atoms with Gasteiger partial charge in [0.1, 0.15) is 18.1 Å².